The Morgan fingerprint density at radius 2 is 2.09 bits per heavy atom. The number of benzene rings is 1. The molecule has 7 nitrogen and oxygen atoms in total. The van der Waals surface area contributed by atoms with Crippen LogP contribution in [0.4, 0.5) is 5.69 Å². The number of quaternary nitrogens is 1. The zero-order valence-corrected chi connectivity index (χ0v) is 14.3. The number of piperazine rings is 1. The van der Waals surface area contributed by atoms with Crippen molar-refractivity contribution in [2.75, 3.05) is 32.1 Å². The first-order valence-electron chi connectivity index (χ1n) is 7.24. The molecule has 2 amide bonds. The quantitative estimate of drug-likeness (QED) is 0.587. The van der Waals surface area contributed by atoms with Gasteiger partial charge in [0.05, 0.1) is 20.2 Å². The smallest absolute Gasteiger partial charge is 0.312 e. The van der Waals surface area contributed by atoms with Gasteiger partial charge in [-0.05, 0) is 24.3 Å². The number of hydrogen-bond donors (Lipinski definition) is 3. The van der Waals surface area contributed by atoms with E-state index in [1.165, 1.54) is 7.11 Å². The Kier molecular flexibility index (Phi) is 6.12. The monoisotopic (exact) mass is 384 g/mol. The minimum atomic E-state index is -0.605. The Labute approximate surface area is 142 Å². The first kappa shape index (κ1) is 17.4. The molecule has 1 heterocycles. The number of hydrogen-bond acceptors (Lipinski definition) is 4. The molecule has 0 radical (unpaired) electrons. The van der Waals surface area contributed by atoms with Gasteiger partial charge in [-0.2, -0.15) is 0 Å². The molecule has 0 saturated carbocycles. The fourth-order valence-electron chi connectivity index (χ4n) is 2.47. The number of methoxy groups -OCH3 is 1. The lowest BCUT2D eigenvalue weighted by Crippen LogP contribution is -3.20. The van der Waals surface area contributed by atoms with Crippen LogP contribution in [0.15, 0.2) is 28.7 Å². The predicted octanol–water partition coefficient (Wildman–Crippen LogP) is -0.666. The van der Waals surface area contributed by atoms with Gasteiger partial charge >= 0.3 is 5.97 Å². The average Bonchev–Trinajstić information content (AvgIpc) is 2.52. The van der Waals surface area contributed by atoms with Crippen LogP contribution in [0.5, 0.6) is 0 Å². The molecule has 1 aromatic carbocycles. The summed E-state index contributed by atoms with van der Waals surface area (Å²) in [4.78, 5) is 36.4. The van der Waals surface area contributed by atoms with Crippen LogP contribution in [-0.4, -0.2) is 50.6 Å². The maximum atomic E-state index is 12.2. The summed E-state index contributed by atoms with van der Waals surface area (Å²) in [6.45, 7) is 1.18. The molecule has 3 N–H and O–H groups in total. The number of anilines is 1. The molecule has 1 unspecified atom stereocenters. The number of rotatable bonds is 5. The van der Waals surface area contributed by atoms with Crippen molar-refractivity contribution in [3.63, 3.8) is 0 Å². The topological polar surface area (TPSA) is 88.9 Å². The Bertz CT molecular complexity index is 591. The lowest BCUT2D eigenvalue weighted by molar-refractivity contribution is -0.909. The van der Waals surface area contributed by atoms with Crippen LogP contribution in [0.1, 0.15) is 6.42 Å². The summed E-state index contributed by atoms with van der Waals surface area (Å²) in [5.74, 6) is -0.891. The number of halogens is 1. The summed E-state index contributed by atoms with van der Waals surface area (Å²) in [6.07, 6.45) is -0.0385. The molecule has 23 heavy (non-hydrogen) atoms. The Balaban J connectivity index is 1.97. The third-order valence-corrected chi connectivity index (χ3v) is 4.20. The van der Waals surface area contributed by atoms with Crippen LogP contribution < -0.4 is 15.5 Å². The van der Waals surface area contributed by atoms with Gasteiger partial charge in [0.2, 0.25) is 0 Å². The number of carbonyl (C=O) groups excluding carboxylic acids is 3. The van der Waals surface area contributed by atoms with Gasteiger partial charge in [0, 0.05) is 10.2 Å². The molecule has 1 fully saturated rings. The molecular weight excluding hydrogens is 366 g/mol. The van der Waals surface area contributed by atoms with Crippen molar-refractivity contribution in [2.45, 2.75) is 12.5 Å². The maximum absolute atomic E-state index is 12.2. The largest absolute Gasteiger partial charge is 0.469 e. The molecule has 0 spiro atoms. The highest BCUT2D eigenvalue weighted by atomic mass is 79.9. The second-order valence-corrected chi connectivity index (χ2v) is 6.18. The fraction of sp³-hybridized carbons (Fsp3) is 0.400. The standard InChI is InChI=1S/C15H18BrN3O4/c1-23-14(21)8-12-15(22)17-6-7-19(12)9-13(20)18-11-4-2-10(16)3-5-11/h2-5,12H,6-9H2,1H3,(H,17,22)(H,18,20)/p+1/t12-/m1/s1. The molecule has 1 saturated heterocycles. The van der Waals surface area contributed by atoms with Crippen LogP contribution in [0.3, 0.4) is 0 Å². The lowest BCUT2D eigenvalue weighted by atomic mass is 10.1. The van der Waals surface area contributed by atoms with Crippen molar-refractivity contribution in [2.24, 2.45) is 0 Å². The highest BCUT2D eigenvalue weighted by Gasteiger charge is 2.36. The summed E-state index contributed by atoms with van der Waals surface area (Å²) in [5, 5.41) is 5.51. The summed E-state index contributed by atoms with van der Waals surface area (Å²) < 4.78 is 5.55. The summed E-state index contributed by atoms with van der Waals surface area (Å²) >= 11 is 3.33. The van der Waals surface area contributed by atoms with Gasteiger partial charge in [-0.25, -0.2) is 0 Å². The lowest BCUT2D eigenvalue weighted by Gasteiger charge is -2.30. The summed E-state index contributed by atoms with van der Waals surface area (Å²) in [6, 6.07) is 6.62. The number of carbonyl (C=O) groups is 3. The first-order valence-corrected chi connectivity index (χ1v) is 8.03. The molecule has 2 rings (SSSR count). The van der Waals surface area contributed by atoms with Gasteiger partial charge < -0.3 is 20.3 Å². The van der Waals surface area contributed by atoms with E-state index < -0.39 is 12.0 Å². The average molecular weight is 385 g/mol. The highest BCUT2D eigenvalue weighted by Crippen LogP contribution is 2.13. The van der Waals surface area contributed by atoms with Crippen LogP contribution in [0, 0.1) is 0 Å². The Morgan fingerprint density at radius 3 is 2.74 bits per heavy atom. The molecule has 8 heteroatoms. The van der Waals surface area contributed by atoms with E-state index in [-0.39, 0.29) is 24.8 Å². The minimum absolute atomic E-state index is 0.0385. The van der Waals surface area contributed by atoms with E-state index in [9.17, 15) is 14.4 Å². The zero-order chi connectivity index (χ0) is 16.8. The number of nitrogens with one attached hydrogen (secondary N) is 3. The zero-order valence-electron chi connectivity index (χ0n) is 12.7. The predicted molar refractivity (Wildman–Crippen MR) is 86.9 cm³/mol. The SMILES string of the molecule is COC(=O)C[C@@H]1C(=O)NCC[NH+]1CC(=O)Nc1ccc(Br)cc1. The van der Waals surface area contributed by atoms with E-state index in [4.69, 9.17) is 0 Å². The number of ether oxygens (including phenoxy) is 1. The number of amides is 2. The minimum Gasteiger partial charge on any atom is -0.469 e. The number of esters is 1. The van der Waals surface area contributed by atoms with Crippen LogP contribution in [0.25, 0.3) is 0 Å². The van der Waals surface area contributed by atoms with E-state index in [0.717, 1.165) is 9.37 Å². The molecule has 0 aliphatic carbocycles. The highest BCUT2D eigenvalue weighted by molar-refractivity contribution is 9.10. The third kappa shape index (κ3) is 5.04. The third-order valence-electron chi connectivity index (χ3n) is 3.67. The van der Waals surface area contributed by atoms with Crippen LogP contribution in [-0.2, 0) is 19.1 Å². The maximum Gasteiger partial charge on any atom is 0.312 e. The summed E-state index contributed by atoms with van der Waals surface area (Å²) in [7, 11) is 1.28. The Morgan fingerprint density at radius 1 is 1.39 bits per heavy atom. The van der Waals surface area contributed by atoms with Crippen molar-refractivity contribution in [1.82, 2.24) is 5.32 Å². The van der Waals surface area contributed by atoms with E-state index in [0.29, 0.717) is 18.8 Å². The molecule has 0 aromatic heterocycles. The van der Waals surface area contributed by atoms with E-state index in [1.807, 2.05) is 12.1 Å². The molecule has 1 aliphatic heterocycles. The van der Waals surface area contributed by atoms with Crippen LogP contribution in [0.2, 0.25) is 0 Å². The second-order valence-electron chi connectivity index (χ2n) is 5.26. The molecule has 1 aromatic rings. The molecular formula is C15H19BrN3O4+. The van der Waals surface area contributed by atoms with Gasteiger partial charge in [-0.1, -0.05) is 15.9 Å². The summed E-state index contributed by atoms with van der Waals surface area (Å²) in [5.41, 5.74) is 0.684. The van der Waals surface area contributed by atoms with E-state index in [2.05, 4.69) is 31.3 Å². The molecule has 124 valence electrons. The van der Waals surface area contributed by atoms with Gasteiger partial charge in [0.25, 0.3) is 11.8 Å². The van der Waals surface area contributed by atoms with Crippen molar-refractivity contribution >= 4 is 39.4 Å². The van der Waals surface area contributed by atoms with Crippen molar-refractivity contribution < 1.29 is 24.0 Å². The van der Waals surface area contributed by atoms with Gasteiger partial charge in [0.15, 0.2) is 12.6 Å². The molecule has 2 atom stereocenters. The van der Waals surface area contributed by atoms with E-state index >= 15 is 0 Å². The normalized spacial score (nSPS) is 20.5. The van der Waals surface area contributed by atoms with Gasteiger partial charge in [-0.3, -0.25) is 14.4 Å². The molecule has 1 aliphatic rings. The van der Waals surface area contributed by atoms with Crippen LogP contribution >= 0.6 is 15.9 Å². The van der Waals surface area contributed by atoms with Crippen molar-refractivity contribution in [1.29, 1.82) is 0 Å². The second kappa shape index (κ2) is 8.07. The van der Waals surface area contributed by atoms with Gasteiger partial charge in [-0.15, -0.1) is 0 Å². The molecule has 0 bridgehead atoms. The first-order chi connectivity index (χ1) is 11.0. The fourth-order valence-corrected chi connectivity index (χ4v) is 2.74. The Hall–Kier alpha value is -1.93. The van der Waals surface area contributed by atoms with E-state index in [1.54, 1.807) is 12.1 Å². The van der Waals surface area contributed by atoms with Crippen molar-refractivity contribution in [3.05, 3.63) is 28.7 Å². The van der Waals surface area contributed by atoms with Crippen molar-refractivity contribution in [3.8, 4) is 0 Å². The van der Waals surface area contributed by atoms with Gasteiger partial charge in [0.1, 0.15) is 6.42 Å².